The van der Waals surface area contributed by atoms with Gasteiger partial charge in [0.05, 0.1) is 23.9 Å². The molecule has 0 atom stereocenters. The number of fused-ring (bicyclic) bond motifs is 3. The Morgan fingerprint density at radius 3 is 3.06 bits per heavy atom. The molecule has 0 unspecified atom stereocenters. The Kier molecular flexibility index (Phi) is 2.22. The van der Waals surface area contributed by atoms with Gasteiger partial charge in [0.25, 0.3) is 0 Å². The fourth-order valence-electron chi connectivity index (χ4n) is 2.48. The molecule has 4 heteroatoms. The largest absolute Gasteiger partial charge is 0.290 e. The molecule has 2 heterocycles. The topological polar surface area (TPSA) is 41.1 Å². The number of imidazole rings is 1. The lowest BCUT2D eigenvalue weighted by atomic mass is 10.0. The van der Waals surface area contributed by atoms with Crippen LogP contribution in [0.1, 0.15) is 34.8 Å². The number of aromatic nitrogens is 2. The van der Waals surface area contributed by atoms with Crippen molar-refractivity contribution in [3.05, 3.63) is 22.0 Å². The summed E-state index contributed by atoms with van der Waals surface area (Å²) in [6.45, 7) is 2.00. The van der Waals surface area contributed by atoms with E-state index in [0.29, 0.717) is 6.42 Å². The van der Waals surface area contributed by atoms with E-state index >= 15 is 0 Å². The molecule has 82 valence electrons. The molecular weight excluding hydrogens is 218 g/mol. The van der Waals surface area contributed by atoms with Gasteiger partial charge in [-0.2, -0.15) is 5.26 Å². The highest BCUT2D eigenvalue weighted by atomic mass is 32.1. The van der Waals surface area contributed by atoms with Gasteiger partial charge < -0.3 is 0 Å². The maximum absolute atomic E-state index is 8.88. The molecule has 0 aromatic carbocycles. The zero-order valence-corrected chi connectivity index (χ0v) is 10.1. The zero-order chi connectivity index (χ0) is 11.1. The Bertz CT molecular complexity index is 585. The lowest BCUT2D eigenvalue weighted by Gasteiger charge is -2.11. The maximum atomic E-state index is 8.88. The van der Waals surface area contributed by atoms with Crippen LogP contribution in [0.2, 0.25) is 0 Å². The molecule has 0 N–H and O–H groups in total. The van der Waals surface area contributed by atoms with E-state index in [-0.39, 0.29) is 0 Å². The van der Waals surface area contributed by atoms with Gasteiger partial charge in [0, 0.05) is 10.6 Å². The molecule has 0 bridgehead atoms. The SMILES string of the molecule is Cc1nc2sc3c(n2c1CC#N)CCCC3. The van der Waals surface area contributed by atoms with Gasteiger partial charge in [-0.3, -0.25) is 4.40 Å². The average Bonchev–Trinajstić information content (AvgIpc) is 2.76. The van der Waals surface area contributed by atoms with Gasteiger partial charge in [-0.05, 0) is 32.6 Å². The fourth-order valence-corrected chi connectivity index (χ4v) is 3.75. The molecule has 0 aliphatic heterocycles. The molecule has 3 nitrogen and oxygen atoms in total. The molecule has 2 aromatic rings. The Balaban J connectivity index is 2.28. The summed E-state index contributed by atoms with van der Waals surface area (Å²) in [6, 6.07) is 2.24. The molecule has 0 spiro atoms. The number of nitrogens with zero attached hydrogens (tertiary/aromatic N) is 3. The van der Waals surface area contributed by atoms with E-state index in [9.17, 15) is 0 Å². The third kappa shape index (κ3) is 1.28. The Labute approximate surface area is 98.4 Å². The number of hydrogen-bond donors (Lipinski definition) is 0. The van der Waals surface area contributed by atoms with Crippen LogP contribution >= 0.6 is 11.3 Å². The van der Waals surface area contributed by atoms with Crippen LogP contribution in [-0.2, 0) is 19.3 Å². The number of hydrogen-bond acceptors (Lipinski definition) is 3. The van der Waals surface area contributed by atoms with Crippen LogP contribution in [0.5, 0.6) is 0 Å². The molecule has 0 saturated heterocycles. The maximum Gasteiger partial charge on any atom is 0.194 e. The standard InChI is InChI=1S/C12H13N3S/c1-8-9(6-7-13)15-10-4-2-3-5-11(10)16-12(15)14-8/h2-6H2,1H3. The minimum absolute atomic E-state index is 0.468. The molecular formula is C12H13N3S. The summed E-state index contributed by atoms with van der Waals surface area (Å²) in [5.74, 6) is 0. The molecule has 1 aliphatic carbocycles. The number of nitriles is 1. The fraction of sp³-hybridized carbons (Fsp3) is 0.500. The molecule has 16 heavy (non-hydrogen) atoms. The third-order valence-corrected chi connectivity index (χ3v) is 4.40. The molecule has 0 radical (unpaired) electrons. The number of rotatable bonds is 1. The lowest BCUT2D eigenvalue weighted by Crippen LogP contribution is -2.05. The first kappa shape index (κ1) is 9.86. The molecule has 3 rings (SSSR count). The van der Waals surface area contributed by atoms with Crippen LogP contribution in [0.4, 0.5) is 0 Å². The van der Waals surface area contributed by atoms with E-state index in [4.69, 9.17) is 5.26 Å². The Morgan fingerprint density at radius 1 is 1.44 bits per heavy atom. The van der Waals surface area contributed by atoms with E-state index in [1.807, 2.05) is 6.92 Å². The van der Waals surface area contributed by atoms with E-state index < -0.39 is 0 Å². The van der Waals surface area contributed by atoms with E-state index in [2.05, 4.69) is 15.5 Å². The third-order valence-electron chi connectivity index (χ3n) is 3.26. The monoisotopic (exact) mass is 231 g/mol. The van der Waals surface area contributed by atoms with Crippen molar-refractivity contribution in [3.63, 3.8) is 0 Å². The summed E-state index contributed by atoms with van der Waals surface area (Å²) < 4.78 is 2.23. The molecule has 0 amide bonds. The first-order valence-electron chi connectivity index (χ1n) is 5.66. The molecule has 1 aliphatic rings. The summed E-state index contributed by atoms with van der Waals surface area (Å²) in [5, 5.41) is 8.88. The van der Waals surface area contributed by atoms with Crippen molar-refractivity contribution in [1.82, 2.24) is 9.38 Å². The highest BCUT2D eigenvalue weighted by Gasteiger charge is 2.20. The first-order valence-corrected chi connectivity index (χ1v) is 6.48. The smallest absolute Gasteiger partial charge is 0.194 e. The summed E-state index contributed by atoms with van der Waals surface area (Å²) in [5.41, 5.74) is 3.52. The van der Waals surface area contributed by atoms with Crippen molar-refractivity contribution in [2.24, 2.45) is 0 Å². The van der Waals surface area contributed by atoms with Gasteiger partial charge in [-0.1, -0.05) is 0 Å². The predicted octanol–water partition coefficient (Wildman–Crippen LogP) is 2.65. The average molecular weight is 231 g/mol. The van der Waals surface area contributed by atoms with E-state index in [1.54, 1.807) is 11.3 Å². The lowest BCUT2D eigenvalue weighted by molar-refractivity contribution is 0.671. The predicted molar refractivity (Wildman–Crippen MR) is 63.8 cm³/mol. The Hall–Kier alpha value is -1.34. The molecule has 0 saturated carbocycles. The zero-order valence-electron chi connectivity index (χ0n) is 9.29. The van der Waals surface area contributed by atoms with Crippen molar-refractivity contribution in [2.45, 2.75) is 39.0 Å². The van der Waals surface area contributed by atoms with Crippen LogP contribution in [0, 0.1) is 18.3 Å². The van der Waals surface area contributed by atoms with E-state index in [1.165, 1.54) is 29.8 Å². The van der Waals surface area contributed by atoms with Crippen LogP contribution in [0.3, 0.4) is 0 Å². The minimum atomic E-state index is 0.468. The van der Waals surface area contributed by atoms with Gasteiger partial charge in [0.15, 0.2) is 4.96 Å². The molecule has 2 aromatic heterocycles. The summed E-state index contributed by atoms with van der Waals surface area (Å²) in [6.07, 6.45) is 5.36. The van der Waals surface area contributed by atoms with Crippen molar-refractivity contribution in [2.75, 3.05) is 0 Å². The Morgan fingerprint density at radius 2 is 2.25 bits per heavy atom. The second-order valence-electron chi connectivity index (χ2n) is 4.28. The first-order chi connectivity index (χ1) is 7.81. The number of aryl methyl sites for hydroxylation is 3. The number of thiazole rings is 1. The van der Waals surface area contributed by atoms with E-state index in [0.717, 1.165) is 22.8 Å². The second kappa shape index (κ2) is 3.60. The van der Waals surface area contributed by atoms with Crippen molar-refractivity contribution >= 4 is 16.3 Å². The van der Waals surface area contributed by atoms with Crippen LogP contribution in [0.25, 0.3) is 4.96 Å². The van der Waals surface area contributed by atoms with Crippen LogP contribution in [-0.4, -0.2) is 9.38 Å². The van der Waals surface area contributed by atoms with Gasteiger partial charge in [0.1, 0.15) is 0 Å². The summed E-state index contributed by atoms with van der Waals surface area (Å²) >= 11 is 1.80. The van der Waals surface area contributed by atoms with Crippen molar-refractivity contribution < 1.29 is 0 Å². The van der Waals surface area contributed by atoms with Crippen molar-refractivity contribution in [3.8, 4) is 6.07 Å². The van der Waals surface area contributed by atoms with Crippen LogP contribution < -0.4 is 0 Å². The highest BCUT2D eigenvalue weighted by Crippen LogP contribution is 2.31. The van der Waals surface area contributed by atoms with Gasteiger partial charge in [0.2, 0.25) is 0 Å². The van der Waals surface area contributed by atoms with Gasteiger partial charge in [-0.25, -0.2) is 4.98 Å². The minimum Gasteiger partial charge on any atom is -0.290 e. The molecule has 0 fully saturated rings. The van der Waals surface area contributed by atoms with Gasteiger partial charge >= 0.3 is 0 Å². The summed E-state index contributed by atoms with van der Waals surface area (Å²) in [4.78, 5) is 7.13. The van der Waals surface area contributed by atoms with Crippen molar-refractivity contribution in [1.29, 1.82) is 5.26 Å². The second-order valence-corrected chi connectivity index (χ2v) is 5.34. The quantitative estimate of drug-likeness (QED) is 0.757. The van der Waals surface area contributed by atoms with Crippen LogP contribution in [0.15, 0.2) is 0 Å². The normalized spacial score (nSPS) is 15.0. The highest BCUT2D eigenvalue weighted by molar-refractivity contribution is 7.17. The summed E-state index contributed by atoms with van der Waals surface area (Å²) in [7, 11) is 0. The van der Waals surface area contributed by atoms with Gasteiger partial charge in [-0.15, -0.1) is 11.3 Å².